The van der Waals surface area contributed by atoms with Crippen LogP contribution in [-0.2, 0) is 6.54 Å². The van der Waals surface area contributed by atoms with Gasteiger partial charge in [-0.2, -0.15) is 0 Å². The van der Waals surface area contributed by atoms with E-state index in [2.05, 4.69) is 41.2 Å². The summed E-state index contributed by atoms with van der Waals surface area (Å²) in [5.74, 6) is 1.14. The van der Waals surface area contributed by atoms with Crippen LogP contribution in [0.3, 0.4) is 0 Å². The van der Waals surface area contributed by atoms with Gasteiger partial charge in [-0.15, -0.1) is 0 Å². The first kappa shape index (κ1) is 14.3. The number of piperidine rings is 1. The van der Waals surface area contributed by atoms with Gasteiger partial charge >= 0.3 is 0 Å². The molecule has 3 heteroatoms. The van der Waals surface area contributed by atoms with Crippen molar-refractivity contribution in [2.75, 3.05) is 25.0 Å². The molecule has 2 heterocycles. The molecule has 0 unspecified atom stereocenters. The quantitative estimate of drug-likeness (QED) is 0.882. The van der Waals surface area contributed by atoms with E-state index in [9.17, 15) is 0 Å². The molecule has 0 aromatic carbocycles. The van der Waals surface area contributed by atoms with Gasteiger partial charge in [-0.3, -0.25) is 0 Å². The van der Waals surface area contributed by atoms with Gasteiger partial charge in [0.2, 0.25) is 0 Å². The van der Waals surface area contributed by atoms with E-state index in [0.717, 1.165) is 25.5 Å². The molecule has 1 aliphatic heterocycles. The first-order chi connectivity index (χ1) is 9.23. The van der Waals surface area contributed by atoms with Gasteiger partial charge < -0.3 is 10.2 Å². The van der Waals surface area contributed by atoms with Crippen molar-refractivity contribution >= 4 is 5.82 Å². The van der Waals surface area contributed by atoms with Crippen molar-refractivity contribution in [3.8, 4) is 0 Å². The average Bonchev–Trinajstić information content (AvgIpc) is 2.49. The Balaban J connectivity index is 1.97. The number of pyridine rings is 1. The van der Waals surface area contributed by atoms with Crippen molar-refractivity contribution in [1.82, 2.24) is 10.3 Å². The van der Waals surface area contributed by atoms with Crippen molar-refractivity contribution in [3.05, 3.63) is 23.9 Å². The van der Waals surface area contributed by atoms with E-state index in [1.807, 2.05) is 13.2 Å². The van der Waals surface area contributed by atoms with Gasteiger partial charge in [0.05, 0.1) is 0 Å². The topological polar surface area (TPSA) is 28.2 Å². The number of anilines is 1. The Labute approximate surface area is 117 Å². The fourth-order valence-corrected chi connectivity index (χ4v) is 3.08. The van der Waals surface area contributed by atoms with Crippen molar-refractivity contribution in [3.63, 3.8) is 0 Å². The predicted octanol–water partition coefficient (Wildman–Crippen LogP) is 3.21. The molecule has 1 fully saturated rings. The normalized spacial score (nSPS) is 18.6. The molecular formula is C16H27N3. The van der Waals surface area contributed by atoms with E-state index < -0.39 is 0 Å². The van der Waals surface area contributed by atoms with Gasteiger partial charge in [-0.05, 0) is 36.9 Å². The Kier molecular flexibility index (Phi) is 4.81. The maximum atomic E-state index is 4.61. The highest BCUT2D eigenvalue weighted by Crippen LogP contribution is 2.38. The lowest BCUT2D eigenvalue weighted by molar-refractivity contribution is 0.199. The SMILES string of the molecule is CCC1(CC)CCN(c2ccc(CNC)cn2)CC1. The number of hydrogen-bond donors (Lipinski definition) is 1. The highest BCUT2D eigenvalue weighted by molar-refractivity contribution is 5.40. The zero-order chi connectivity index (χ0) is 13.7. The van der Waals surface area contributed by atoms with Crippen molar-refractivity contribution in [1.29, 1.82) is 0 Å². The predicted molar refractivity (Wildman–Crippen MR) is 81.5 cm³/mol. The summed E-state index contributed by atoms with van der Waals surface area (Å²) in [7, 11) is 1.97. The zero-order valence-electron chi connectivity index (χ0n) is 12.6. The fourth-order valence-electron chi connectivity index (χ4n) is 3.08. The molecule has 106 valence electrons. The molecule has 0 atom stereocenters. The van der Waals surface area contributed by atoms with Crippen molar-refractivity contribution in [2.45, 2.75) is 46.1 Å². The third kappa shape index (κ3) is 3.27. The lowest BCUT2D eigenvalue weighted by atomic mass is 9.74. The van der Waals surface area contributed by atoms with E-state index in [4.69, 9.17) is 0 Å². The van der Waals surface area contributed by atoms with Gasteiger partial charge in [-0.25, -0.2) is 4.98 Å². The van der Waals surface area contributed by atoms with Crippen LogP contribution in [-0.4, -0.2) is 25.1 Å². The molecule has 0 aliphatic carbocycles. The number of aromatic nitrogens is 1. The zero-order valence-corrected chi connectivity index (χ0v) is 12.6. The van der Waals surface area contributed by atoms with Gasteiger partial charge in [-0.1, -0.05) is 32.8 Å². The summed E-state index contributed by atoms with van der Waals surface area (Å²) in [6, 6.07) is 4.35. The second kappa shape index (κ2) is 6.38. The molecule has 19 heavy (non-hydrogen) atoms. The van der Waals surface area contributed by atoms with E-state index in [-0.39, 0.29) is 0 Å². The first-order valence-corrected chi connectivity index (χ1v) is 7.57. The molecule has 1 aliphatic rings. The van der Waals surface area contributed by atoms with Crippen LogP contribution in [0.4, 0.5) is 5.82 Å². The summed E-state index contributed by atoms with van der Waals surface area (Å²) >= 11 is 0. The summed E-state index contributed by atoms with van der Waals surface area (Å²) in [4.78, 5) is 7.04. The second-order valence-electron chi connectivity index (χ2n) is 5.75. The minimum atomic E-state index is 0.586. The van der Waals surface area contributed by atoms with Gasteiger partial charge in [0.25, 0.3) is 0 Å². The molecule has 0 saturated carbocycles. The fraction of sp³-hybridized carbons (Fsp3) is 0.688. The summed E-state index contributed by atoms with van der Waals surface area (Å²) in [5.41, 5.74) is 1.84. The van der Waals surface area contributed by atoms with E-state index in [0.29, 0.717) is 5.41 Å². The van der Waals surface area contributed by atoms with E-state index in [1.165, 1.54) is 31.2 Å². The van der Waals surface area contributed by atoms with Crippen molar-refractivity contribution < 1.29 is 0 Å². The van der Waals surface area contributed by atoms with Crippen LogP contribution in [0, 0.1) is 5.41 Å². The second-order valence-corrected chi connectivity index (χ2v) is 5.75. The molecule has 3 nitrogen and oxygen atoms in total. The van der Waals surface area contributed by atoms with Crippen LogP contribution < -0.4 is 10.2 Å². The molecule has 0 amide bonds. The molecule has 1 aromatic rings. The minimum absolute atomic E-state index is 0.586. The Hall–Kier alpha value is -1.09. The smallest absolute Gasteiger partial charge is 0.128 e. The summed E-state index contributed by atoms with van der Waals surface area (Å²) in [6.45, 7) is 7.87. The van der Waals surface area contributed by atoms with Gasteiger partial charge in [0, 0.05) is 25.8 Å². The van der Waals surface area contributed by atoms with Gasteiger partial charge in [0.15, 0.2) is 0 Å². The Morgan fingerprint density at radius 3 is 2.37 bits per heavy atom. The first-order valence-electron chi connectivity index (χ1n) is 7.57. The molecule has 2 rings (SSSR count). The highest BCUT2D eigenvalue weighted by Gasteiger charge is 2.31. The third-order valence-electron chi connectivity index (χ3n) is 4.84. The molecule has 1 N–H and O–H groups in total. The van der Waals surface area contributed by atoms with Crippen molar-refractivity contribution in [2.24, 2.45) is 5.41 Å². The largest absolute Gasteiger partial charge is 0.357 e. The third-order valence-corrected chi connectivity index (χ3v) is 4.84. The van der Waals surface area contributed by atoms with Crippen LogP contribution >= 0.6 is 0 Å². The standard InChI is InChI=1S/C16H27N3/c1-4-16(5-2)8-10-19(11-9-16)15-7-6-14(12-17-3)13-18-15/h6-7,13,17H,4-5,8-12H2,1-3H3. The van der Waals surface area contributed by atoms with Crippen LogP contribution in [0.1, 0.15) is 45.1 Å². The molecule has 0 radical (unpaired) electrons. The van der Waals surface area contributed by atoms with E-state index >= 15 is 0 Å². The van der Waals surface area contributed by atoms with E-state index in [1.54, 1.807) is 0 Å². The molecule has 0 bridgehead atoms. The average molecular weight is 261 g/mol. The minimum Gasteiger partial charge on any atom is -0.357 e. The number of hydrogen-bond acceptors (Lipinski definition) is 3. The van der Waals surface area contributed by atoms with Crippen LogP contribution in [0.25, 0.3) is 0 Å². The Bertz CT molecular complexity index is 371. The molecule has 1 aromatic heterocycles. The molecule has 0 spiro atoms. The maximum absolute atomic E-state index is 4.61. The Morgan fingerprint density at radius 1 is 1.21 bits per heavy atom. The van der Waals surface area contributed by atoms with Crippen LogP contribution in [0.2, 0.25) is 0 Å². The number of rotatable bonds is 5. The van der Waals surface area contributed by atoms with Gasteiger partial charge in [0.1, 0.15) is 5.82 Å². The summed E-state index contributed by atoms with van der Waals surface area (Å²) < 4.78 is 0. The number of nitrogens with zero attached hydrogens (tertiary/aromatic N) is 2. The van der Waals surface area contributed by atoms with Crippen LogP contribution in [0.5, 0.6) is 0 Å². The van der Waals surface area contributed by atoms with Crippen LogP contribution in [0.15, 0.2) is 18.3 Å². The monoisotopic (exact) mass is 261 g/mol. The maximum Gasteiger partial charge on any atom is 0.128 e. The lowest BCUT2D eigenvalue weighted by Gasteiger charge is -2.41. The lowest BCUT2D eigenvalue weighted by Crippen LogP contribution is -2.40. The molecule has 1 saturated heterocycles. The number of nitrogens with one attached hydrogen (secondary N) is 1. The summed E-state index contributed by atoms with van der Waals surface area (Å²) in [6.07, 6.45) is 7.23. The highest BCUT2D eigenvalue weighted by atomic mass is 15.2. The summed E-state index contributed by atoms with van der Waals surface area (Å²) in [5, 5.41) is 3.16. The Morgan fingerprint density at radius 2 is 1.89 bits per heavy atom. The molecular weight excluding hydrogens is 234 g/mol.